The molecule has 0 N–H and O–H groups in total. The molecule has 0 aliphatic carbocycles. The molecule has 0 aliphatic rings. The molecular formula is C13H10ClN3. The van der Waals surface area contributed by atoms with Gasteiger partial charge in [-0.2, -0.15) is 0 Å². The normalized spacial score (nSPS) is 10.9. The first-order chi connectivity index (χ1) is 8.27. The molecule has 0 radical (unpaired) electrons. The Labute approximate surface area is 104 Å². The molecule has 2 heterocycles. The van der Waals surface area contributed by atoms with Crippen LogP contribution in [-0.4, -0.2) is 14.5 Å². The van der Waals surface area contributed by atoms with Crippen molar-refractivity contribution in [3.63, 3.8) is 0 Å². The molecule has 3 rings (SSSR count). The van der Waals surface area contributed by atoms with E-state index >= 15 is 0 Å². The van der Waals surface area contributed by atoms with Crippen LogP contribution in [0.3, 0.4) is 0 Å². The van der Waals surface area contributed by atoms with E-state index in [9.17, 15) is 0 Å². The number of rotatable bonds is 1. The van der Waals surface area contributed by atoms with Crippen LogP contribution in [0.25, 0.3) is 16.7 Å². The second-order valence-electron chi connectivity index (χ2n) is 3.88. The first kappa shape index (κ1) is 10.3. The molecule has 3 nitrogen and oxygen atoms in total. The van der Waals surface area contributed by atoms with Crippen LogP contribution in [0.1, 0.15) is 5.56 Å². The highest BCUT2D eigenvalue weighted by atomic mass is 35.5. The molecule has 0 atom stereocenters. The maximum absolute atomic E-state index is 6.15. The Kier molecular flexibility index (Phi) is 2.34. The summed E-state index contributed by atoms with van der Waals surface area (Å²) in [6.07, 6.45) is 3.52. The number of fused-ring (bicyclic) bond motifs is 1. The van der Waals surface area contributed by atoms with E-state index in [1.807, 2.05) is 48.0 Å². The predicted octanol–water partition coefficient (Wildman–Crippen LogP) is 3.38. The van der Waals surface area contributed by atoms with E-state index < -0.39 is 0 Å². The van der Waals surface area contributed by atoms with Crippen LogP contribution in [0.15, 0.2) is 42.9 Å². The third kappa shape index (κ3) is 1.59. The van der Waals surface area contributed by atoms with Gasteiger partial charge in [-0.25, -0.2) is 9.97 Å². The number of hydrogen-bond acceptors (Lipinski definition) is 2. The number of aromatic nitrogens is 3. The number of benzene rings is 1. The van der Waals surface area contributed by atoms with Crippen molar-refractivity contribution in [3.8, 4) is 5.69 Å². The third-order valence-electron chi connectivity index (χ3n) is 2.75. The third-order valence-corrected chi connectivity index (χ3v) is 3.03. The highest BCUT2D eigenvalue weighted by molar-refractivity contribution is 6.33. The summed E-state index contributed by atoms with van der Waals surface area (Å²) in [6.45, 7) is 2.02. The average Bonchev–Trinajstić information content (AvgIpc) is 2.70. The highest BCUT2D eigenvalue weighted by Crippen LogP contribution is 2.26. The zero-order chi connectivity index (χ0) is 11.8. The molecule has 0 unspecified atom stereocenters. The van der Waals surface area contributed by atoms with Crippen LogP contribution in [0.4, 0.5) is 0 Å². The van der Waals surface area contributed by atoms with Crippen LogP contribution in [-0.2, 0) is 0 Å². The smallest absolute Gasteiger partial charge is 0.157 e. The molecule has 2 aromatic heterocycles. The van der Waals surface area contributed by atoms with Gasteiger partial charge in [0, 0.05) is 11.9 Å². The molecule has 17 heavy (non-hydrogen) atoms. The summed E-state index contributed by atoms with van der Waals surface area (Å²) in [4.78, 5) is 8.31. The van der Waals surface area contributed by atoms with Gasteiger partial charge >= 0.3 is 0 Å². The lowest BCUT2D eigenvalue weighted by atomic mass is 10.3. The predicted molar refractivity (Wildman–Crippen MR) is 68.6 cm³/mol. The summed E-state index contributed by atoms with van der Waals surface area (Å²) in [5.41, 5.74) is 3.90. The molecule has 0 fully saturated rings. The Bertz CT molecular complexity index is 674. The molecule has 0 bridgehead atoms. The Morgan fingerprint density at radius 1 is 1.12 bits per heavy atom. The number of para-hydroxylation sites is 1. The van der Waals surface area contributed by atoms with Crippen LogP contribution in [0.2, 0.25) is 5.15 Å². The van der Waals surface area contributed by atoms with E-state index in [1.165, 1.54) is 6.33 Å². The van der Waals surface area contributed by atoms with Gasteiger partial charge in [-0.05, 0) is 24.6 Å². The van der Waals surface area contributed by atoms with Crippen LogP contribution in [0, 0.1) is 6.92 Å². The minimum Gasteiger partial charge on any atom is -0.312 e. The lowest BCUT2D eigenvalue weighted by Gasteiger charge is -2.04. The van der Waals surface area contributed by atoms with E-state index in [0.717, 1.165) is 22.3 Å². The largest absolute Gasteiger partial charge is 0.312 e. The molecular weight excluding hydrogens is 234 g/mol. The van der Waals surface area contributed by atoms with Gasteiger partial charge in [-0.15, -0.1) is 0 Å². The zero-order valence-electron chi connectivity index (χ0n) is 9.26. The molecule has 0 amide bonds. The molecule has 84 valence electrons. The fraction of sp³-hybridized carbons (Fsp3) is 0.0769. The SMILES string of the molecule is Cc1cn(-c2ccccc2)c2c(Cl)ncnc12. The molecule has 0 aliphatic heterocycles. The zero-order valence-corrected chi connectivity index (χ0v) is 10.0. The van der Waals surface area contributed by atoms with E-state index in [4.69, 9.17) is 11.6 Å². The summed E-state index contributed by atoms with van der Waals surface area (Å²) < 4.78 is 2.02. The van der Waals surface area contributed by atoms with Crippen molar-refractivity contribution in [2.75, 3.05) is 0 Å². The summed E-state index contributed by atoms with van der Waals surface area (Å²) in [5.74, 6) is 0. The van der Waals surface area contributed by atoms with Crippen LogP contribution < -0.4 is 0 Å². The van der Waals surface area contributed by atoms with Gasteiger partial charge in [0.15, 0.2) is 5.15 Å². The Hall–Kier alpha value is -1.87. The van der Waals surface area contributed by atoms with E-state index in [2.05, 4.69) is 9.97 Å². The van der Waals surface area contributed by atoms with Crippen LogP contribution >= 0.6 is 11.6 Å². The van der Waals surface area contributed by atoms with Gasteiger partial charge in [-0.1, -0.05) is 29.8 Å². The van der Waals surface area contributed by atoms with Crippen molar-refractivity contribution < 1.29 is 0 Å². The van der Waals surface area contributed by atoms with Gasteiger partial charge in [0.25, 0.3) is 0 Å². The lowest BCUT2D eigenvalue weighted by molar-refractivity contribution is 1.10. The molecule has 0 saturated carbocycles. The fourth-order valence-electron chi connectivity index (χ4n) is 1.97. The first-order valence-corrected chi connectivity index (χ1v) is 5.69. The molecule has 3 aromatic rings. The minimum atomic E-state index is 0.479. The molecule has 1 aromatic carbocycles. The fourth-order valence-corrected chi connectivity index (χ4v) is 2.20. The second-order valence-corrected chi connectivity index (χ2v) is 4.24. The second kappa shape index (κ2) is 3.86. The minimum absolute atomic E-state index is 0.479. The van der Waals surface area contributed by atoms with Crippen molar-refractivity contribution in [1.29, 1.82) is 0 Å². The molecule has 0 saturated heterocycles. The van der Waals surface area contributed by atoms with E-state index in [1.54, 1.807) is 0 Å². The Morgan fingerprint density at radius 3 is 2.65 bits per heavy atom. The summed E-state index contributed by atoms with van der Waals surface area (Å²) in [7, 11) is 0. The standard InChI is InChI=1S/C13H10ClN3/c1-9-7-17(10-5-3-2-4-6-10)12-11(9)15-8-16-13(12)14/h2-8H,1H3. The van der Waals surface area contributed by atoms with E-state index in [-0.39, 0.29) is 0 Å². The van der Waals surface area contributed by atoms with Gasteiger partial charge in [-0.3, -0.25) is 0 Å². The summed E-state index contributed by atoms with van der Waals surface area (Å²) in [6, 6.07) is 10.0. The Balaban J connectivity index is 2.38. The van der Waals surface area contributed by atoms with Crippen LogP contribution in [0.5, 0.6) is 0 Å². The van der Waals surface area contributed by atoms with Gasteiger partial charge in [0.1, 0.15) is 11.8 Å². The van der Waals surface area contributed by atoms with Crippen molar-refractivity contribution in [1.82, 2.24) is 14.5 Å². The maximum Gasteiger partial charge on any atom is 0.157 e. The number of aryl methyl sites for hydroxylation is 1. The monoisotopic (exact) mass is 243 g/mol. The van der Waals surface area contributed by atoms with Gasteiger partial charge in [0.05, 0.1) is 5.52 Å². The van der Waals surface area contributed by atoms with Crippen molar-refractivity contribution in [3.05, 3.63) is 53.6 Å². The lowest BCUT2D eigenvalue weighted by Crippen LogP contribution is -1.93. The topological polar surface area (TPSA) is 30.7 Å². The molecule has 0 spiro atoms. The van der Waals surface area contributed by atoms with Crippen molar-refractivity contribution >= 4 is 22.6 Å². The number of hydrogen-bond donors (Lipinski definition) is 0. The first-order valence-electron chi connectivity index (χ1n) is 5.31. The Morgan fingerprint density at radius 2 is 1.88 bits per heavy atom. The summed E-state index contributed by atoms with van der Waals surface area (Å²) in [5, 5.41) is 0.479. The van der Waals surface area contributed by atoms with Gasteiger partial charge < -0.3 is 4.57 Å². The maximum atomic E-state index is 6.15. The number of nitrogens with zero attached hydrogens (tertiary/aromatic N) is 3. The summed E-state index contributed by atoms with van der Waals surface area (Å²) >= 11 is 6.15. The average molecular weight is 244 g/mol. The molecule has 4 heteroatoms. The van der Waals surface area contributed by atoms with E-state index in [0.29, 0.717) is 5.15 Å². The van der Waals surface area contributed by atoms with Crippen molar-refractivity contribution in [2.45, 2.75) is 6.92 Å². The quantitative estimate of drug-likeness (QED) is 0.614. The van der Waals surface area contributed by atoms with Crippen molar-refractivity contribution in [2.24, 2.45) is 0 Å². The van der Waals surface area contributed by atoms with Gasteiger partial charge in [0.2, 0.25) is 0 Å². The highest BCUT2D eigenvalue weighted by Gasteiger charge is 2.11. The number of halogens is 1.